The van der Waals surface area contributed by atoms with Crippen molar-refractivity contribution in [2.24, 2.45) is 5.41 Å². The van der Waals surface area contributed by atoms with Crippen LogP contribution in [0.2, 0.25) is 0 Å². The Bertz CT molecular complexity index is 828. The fourth-order valence-electron chi connectivity index (χ4n) is 3.40. The monoisotopic (exact) mass is 394 g/mol. The largest absolute Gasteiger partial charge is 0.479 e. The van der Waals surface area contributed by atoms with E-state index in [4.69, 9.17) is 4.74 Å². The summed E-state index contributed by atoms with van der Waals surface area (Å²) >= 11 is 2.84. The maximum Gasteiger partial charge on any atom is 0.330 e. The molecule has 0 radical (unpaired) electrons. The van der Waals surface area contributed by atoms with Crippen molar-refractivity contribution >= 4 is 34.6 Å². The first-order chi connectivity index (χ1) is 12.2. The Morgan fingerprint density at radius 1 is 1.46 bits per heavy atom. The van der Waals surface area contributed by atoms with E-state index < -0.39 is 22.8 Å². The highest BCUT2D eigenvalue weighted by Crippen LogP contribution is 2.51. The topological polar surface area (TPSA) is 88.5 Å². The van der Waals surface area contributed by atoms with E-state index in [9.17, 15) is 14.7 Å². The average Bonchev–Trinajstić information content (AvgIpc) is 3.22. The standard InChI is InChI=1S/C18H22N2O4S2/c1-5-24-12-9-18(16(22)23,17(12,3)4)20-14(21)13-10(2)19-15(26-13)11-7-6-8-25-11/h6-8,12H,5,9H2,1-4H3,(H,20,21)(H,22,23). The SMILES string of the molecule is CCOC1CC(NC(=O)c2sc(-c3cccs3)nc2C)(C(=O)O)C1(C)C. The minimum absolute atomic E-state index is 0.201. The number of hydrogen-bond donors (Lipinski definition) is 2. The number of amides is 1. The number of rotatable bonds is 6. The number of nitrogens with one attached hydrogen (secondary N) is 1. The quantitative estimate of drug-likeness (QED) is 0.782. The van der Waals surface area contributed by atoms with Gasteiger partial charge in [0.2, 0.25) is 0 Å². The molecule has 1 amide bonds. The van der Waals surface area contributed by atoms with Crippen LogP contribution in [-0.2, 0) is 9.53 Å². The molecule has 0 bridgehead atoms. The summed E-state index contributed by atoms with van der Waals surface area (Å²) in [5.41, 5.74) is -1.45. The number of ether oxygens (including phenoxy) is 1. The van der Waals surface area contributed by atoms with Gasteiger partial charge < -0.3 is 15.2 Å². The van der Waals surface area contributed by atoms with Gasteiger partial charge in [0.05, 0.1) is 16.7 Å². The van der Waals surface area contributed by atoms with E-state index in [2.05, 4.69) is 10.3 Å². The van der Waals surface area contributed by atoms with E-state index in [-0.39, 0.29) is 12.5 Å². The van der Waals surface area contributed by atoms with Crippen LogP contribution in [0.25, 0.3) is 9.88 Å². The van der Waals surface area contributed by atoms with Crippen LogP contribution in [0.1, 0.15) is 42.6 Å². The van der Waals surface area contributed by atoms with Crippen molar-refractivity contribution < 1.29 is 19.4 Å². The van der Waals surface area contributed by atoms with E-state index >= 15 is 0 Å². The van der Waals surface area contributed by atoms with Crippen molar-refractivity contribution in [3.8, 4) is 9.88 Å². The number of aryl methyl sites for hydroxylation is 1. The normalized spacial score (nSPS) is 24.1. The lowest BCUT2D eigenvalue weighted by Gasteiger charge is -2.58. The summed E-state index contributed by atoms with van der Waals surface area (Å²) in [5.74, 6) is -1.43. The summed E-state index contributed by atoms with van der Waals surface area (Å²) in [4.78, 5) is 30.8. The first kappa shape index (κ1) is 19.0. The van der Waals surface area contributed by atoms with E-state index in [1.807, 2.05) is 38.3 Å². The van der Waals surface area contributed by atoms with Crippen LogP contribution < -0.4 is 5.32 Å². The predicted octanol–water partition coefficient (Wildman–Crippen LogP) is 3.57. The molecular weight excluding hydrogens is 372 g/mol. The second-order valence-corrected chi connectivity index (χ2v) is 8.89. The first-order valence-corrected chi connectivity index (χ1v) is 10.1. The fourth-order valence-corrected chi connectivity index (χ4v) is 5.16. The molecule has 0 aromatic carbocycles. The van der Waals surface area contributed by atoms with Crippen molar-refractivity contribution in [2.75, 3.05) is 6.61 Å². The predicted molar refractivity (Wildman–Crippen MR) is 102 cm³/mol. The van der Waals surface area contributed by atoms with Gasteiger partial charge >= 0.3 is 5.97 Å². The number of nitrogens with zero attached hydrogens (tertiary/aromatic N) is 1. The molecular formula is C18H22N2O4S2. The van der Waals surface area contributed by atoms with Crippen LogP contribution in [0.3, 0.4) is 0 Å². The number of hydrogen-bond acceptors (Lipinski definition) is 6. The lowest BCUT2D eigenvalue weighted by atomic mass is 9.54. The van der Waals surface area contributed by atoms with Gasteiger partial charge in [0.25, 0.3) is 5.91 Å². The van der Waals surface area contributed by atoms with Crippen LogP contribution in [0, 0.1) is 12.3 Å². The van der Waals surface area contributed by atoms with Crippen molar-refractivity contribution in [2.45, 2.75) is 45.8 Å². The van der Waals surface area contributed by atoms with E-state index in [1.165, 1.54) is 11.3 Å². The summed E-state index contributed by atoms with van der Waals surface area (Å²) in [6, 6.07) is 3.88. The molecule has 140 valence electrons. The van der Waals surface area contributed by atoms with Crippen molar-refractivity contribution in [3.63, 3.8) is 0 Å². The Balaban J connectivity index is 1.86. The number of thiophene rings is 1. The average molecular weight is 395 g/mol. The third kappa shape index (κ3) is 2.86. The molecule has 2 unspecified atom stereocenters. The van der Waals surface area contributed by atoms with Crippen LogP contribution in [0.15, 0.2) is 17.5 Å². The van der Waals surface area contributed by atoms with Gasteiger partial charge in [-0.25, -0.2) is 9.78 Å². The highest BCUT2D eigenvalue weighted by atomic mass is 32.1. The summed E-state index contributed by atoms with van der Waals surface area (Å²) in [7, 11) is 0. The van der Waals surface area contributed by atoms with Gasteiger partial charge in [-0.05, 0) is 25.3 Å². The van der Waals surface area contributed by atoms with E-state index in [1.54, 1.807) is 18.3 Å². The smallest absolute Gasteiger partial charge is 0.330 e. The number of carboxylic acids is 1. The first-order valence-electron chi connectivity index (χ1n) is 8.41. The molecule has 2 N–H and O–H groups in total. The lowest BCUT2D eigenvalue weighted by molar-refractivity contribution is -0.190. The van der Waals surface area contributed by atoms with Gasteiger partial charge in [-0.2, -0.15) is 0 Å². The highest BCUT2D eigenvalue weighted by Gasteiger charge is 2.66. The molecule has 8 heteroatoms. The Morgan fingerprint density at radius 2 is 2.19 bits per heavy atom. The zero-order chi connectivity index (χ0) is 19.1. The van der Waals surface area contributed by atoms with Crippen molar-refractivity contribution in [1.29, 1.82) is 0 Å². The summed E-state index contributed by atoms with van der Waals surface area (Å²) in [6.45, 7) is 7.80. The molecule has 1 fully saturated rings. The van der Waals surface area contributed by atoms with Crippen molar-refractivity contribution in [3.05, 3.63) is 28.1 Å². The number of carbonyl (C=O) groups is 2. The van der Waals surface area contributed by atoms with Gasteiger partial charge in [0.15, 0.2) is 0 Å². The molecule has 0 aliphatic heterocycles. The van der Waals surface area contributed by atoms with Gasteiger partial charge in [-0.15, -0.1) is 22.7 Å². The fraction of sp³-hybridized carbons (Fsp3) is 0.500. The second kappa shape index (κ2) is 6.75. The molecule has 0 saturated heterocycles. The van der Waals surface area contributed by atoms with Crippen LogP contribution >= 0.6 is 22.7 Å². The molecule has 2 heterocycles. The maximum atomic E-state index is 12.9. The molecule has 3 rings (SSSR count). The second-order valence-electron chi connectivity index (χ2n) is 6.95. The Labute approximate surface area is 160 Å². The third-order valence-electron chi connectivity index (χ3n) is 5.19. The summed E-state index contributed by atoms with van der Waals surface area (Å²) < 4.78 is 5.64. The summed E-state index contributed by atoms with van der Waals surface area (Å²) in [6.07, 6.45) is 0.0537. The highest BCUT2D eigenvalue weighted by molar-refractivity contribution is 7.22. The number of carbonyl (C=O) groups excluding carboxylic acids is 1. The third-order valence-corrected chi connectivity index (χ3v) is 7.39. The van der Waals surface area contributed by atoms with E-state index in [0.29, 0.717) is 17.2 Å². The Morgan fingerprint density at radius 3 is 2.73 bits per heavy atom. The van der Waals surface area contributed by atoms with Crippen LogP contribution in [-0.4, -0.2) is 40.2 Å². The molecule has 1 aliphatic carbocycles. The lowest BCUT2D eigenvalue weighted by Crippen LogP contribution is -2.76. The van der Waals surface area contributed by atoms with Crippen LogP contribution in [0.4, 0.5) is 0 Å². The van der Waals surface area contributed by atoms with Gasteiger partial charge in [0.1, 0.15) is 15.4 Å². The molecule has 2 atom stereocenters. The summed E-state index contributed by atoms with van der Waals surface area (Å²) in [5, 5.41) is 15.3. The van der Waals surface area contributed by atoms with Gasteiger partial charge in [0, 0.05) is 18.4 Å². The molecule has 1 saturated carbocycles. The van der Waals surface area contributed by atoms with Gasteiger partial charge in [-0.1, -0.05) is 19.9 Å². The van der Waals surface area contributed by atoms with Gasteiger partial charge in [-0.3, -0.25) is 4.79 Å². The number of aromatic nitrogens is 1. The Hall–Kier alpha value is -1.77. The van der Waals surface area contributed by atoms with E-state index in [0.717, 1.165) is 9.88 Å². The molecule has 2 aromatic rings. The maximum absolute atomic E-state index is 12.9. The van der Waals surface area contributed by atoms with Crippen molar-refractivity contribution in [1.82, 2.24) is 10.3 Å². The zero-order valence-electron chi connectivity index (χ0n) is 15.2. The molecule has 1 aliphatic rings. The molecule has 0 spiro atoms. The number of aliphatic carboxylic acids is 1. The molecule has 2 aromatic heterocycles. The zero-order valence-corrected chi connectivity index (χ0v) is 16.8. The number of thiazole rings is 1. The molecule has 6 nitrogen and oxygen atoms in total. The van der Waals surface area contributed by atoms with Crippen LogP contribution in [0.5, 0.6) is 0 Å². The minimum Gasteiger partial charge on any atom is -0.479 e. The Kier molecular flexibility index (Phi) is 4.94. The minimum atomic E-state index is -1.34. The molecule has 26 heavy (non-hydrogen) atoms. The number of carboxylic acid groups (broad SMARTS) is 1.